The van der Waals surface area contributed by atoms with Gasteiger partial charge in [-0.15, -0.1) is 0 Å². The van der Waals surface area contributed by atoms with E-state index in [9.17, 15) is 0 Å². The largest absolute Gasteiger partial charge is 1.00 e. The van der Waals surface area contributed by atoms with E-state index in [2.05, 4.69) is 6.92 Å². The van der Waals surface area contributed by atoms with E-state index in [-0.39, 0.29) is 12.4 Å². The van der Waals surface area contributed by atoms with Gasteiger partial charge in [0.25, 0.3) is 0 Å². The predicted molar refractivity (Wildman–Crippen MR) is 71.4 cm³/mol. The second kappa shape index (κ2) is 15.8. The average molecular weight is 264 g/mol. The zero-order valence-electron chi connectivity index (χ0n) is 11.9. The SMILES string of the molecule is CCCCCCCCCCCOC=[N+](C)C.[Cl-]. The molecule has 0 fully saturated rings. The third-order valence-electron chi connectivity index (χ3n) is 2.65. The van der Waals surface area contributed by atoms with Crippen LogP contribution in [0.2, 0.25) is 0 Å². The van der Waals surface area contributed by atoms with Gasteiger partial charge in [0, 0.05) is 0 Å². The number of hydrogen-bond donors (Lipinski definition) is 0. The lowest BCUT2D eigenvalue weighted by molar-refractivity contribution is -0.468. The number of ether oxygens (including phenoxy) is 1. The fraction of sp³-hybridized carbons (Fsp3) is 0.929. The molecule has 17 heavy (non-hydrogen) atoms. The summed E-state index contributed by atoms with van der Waals surface area (Å²) in [5.41, 5.74) is 0. The maximum Gasteiger partial charge on any atom is 0.323 e. The summed E-state index contributed by atoms with van der Waals surface area (Å²) in [6.07, 6.45) is 14.1. The molecule has 0 radical (unpaired) electrons. The lowest BCUT2D eigenvalue weighted by Crippen LogP contribution is -3.00. The molecule has 0 atom stereocenters. The van der Waals surface area contributed by atoms with E-state index in [0.717, 1.165) is 6.61 Å². The molecule has 0 aliphatic carbocycles. The molecule has 104 valence electrons. The summed E-state index contributed by atoms with van der Waals surface area (Å²) in [7, 11) is 3.96. The Morgan fingerprint density at radius 2 is 1.29 bits per heavy atom. The highest BCUT2D eigenvalue weighted by Crippen LogP contribution is 2.09. The smallest absolute Gasteiger partial charge is 0.323 e. The summed E-state index contributed by atoms with van der Waals surface area (Å²) >= 11 is 0. The standard InChI is InChI=1S/C14H30NO.ClH/c1-4-5-6-7-8-9-10-11-12-13-16-14-15(2)3;/h14H,4-13H2,1-3H3;1H/q+1;/p-1. The van der Waals surface area contributed by atoms with E-state index in [1.165, 1.54) is 57.8 Å². The summed E-state index contributed by atoms with van der Waals surface area (Å²) < 4.78 is 7.29. The van der Waals surface area contributed by atoms with Gasteiger partial charge in [0.15, 0.2) is 0 Å². The van der Waals surface area contributed by atoms with Crippen molar-refractivity contribution in [1.29, 1.82) is 0 Å². The van der Waals surface area contributed by atoms with Crippen molar-refractivity contribution in [3.8, 4) is 0 Å². The van der Waals surface area contributed by atoms with E-state index >= 15 is 0 Å². The molecule has 0 aliphatic rings. The van der Waals surface area contributed by atoms with Crippen LogP contribution in [0.25, 0.3) is 0 Å². The van der Waals surface area contributed by atoms with Gasteiger partial charge < -0.3 is 17.1 Å². The second-order valence-corrected chi connectivity index (χ2v) is 4.77. The number of halogens is 1. The van der Waals surface area contributed by atoms with Crippen molar-refractivity contribution in [2.24, 2.45) is 0 Å². The highest BCUT2D eigenvalue weighted by Gasteiger charge is 1.92. The third kappa shape index (κ3) is 18.3. The highest BCUT2D eigenvalue weighted by molar-refractivity contribution is 5.38. The van der Waals surface area contributed by atoms with Crippen molar-refractivity contribution in [3.05, 3.63) is 0 Å². The van der Waals surface area contributed by atoms with Crippen molar-refractivity contribution in [2.75, 3.05) is 20.7 Å². The van der Waals surface area contributed by atoms with Gasteiger partial charge in [0.05, 0.1) is 6.61 Å². The summed E-state index contributed by atoms with van der Waals surface area (Å²) in [4.78, 5) is 0. The summed E-state index contributed by atoms with van der Waals surface area (Å²) in [5.74, 6) is 0. The first-order chi connectivity index (χ1) is 7.77. The van der Waals surface area contributed by atoms with Gasteiger partial charge in [-0.25, -0.2) is 4.58 Å². The zero-order chi connectivity index (χ0) is 12.1. The molecule has 0 aliphatic heterocycles. The Bertz CT molecular complexity index is 168. The first kappa shape index (κ1) is 19.1. The molecule has 3 heteroatoms. The zero-order valence-corrected chi connectivity index (χ0v) is 12.6. The molecule has 2 nitrogen and oxygen atoms in total. The summed E-state index contributed by atoms with van der Waals surface area (Å²) in [5, 5.41) is 0. The second-order valence-electron chi connectivity index (χ2n) is 4.77. The van der Waals surface area contributed by atoms with Crippen LogP contribution in [0.3, 0.4) is 0 Å². The Kier molecular flexibility index (Phi) is 17.7. The molecule has 0 N–H and O–H groups in total. The van der Waals surface area contributed by atoms with Gasteiger partial charge in [-0.05, 0) is 6.42 Å². The van der Waals surface area contributed by atoms with Crippen molar-refractivity contribution in [2.45, 2.75) is 64.7 Å². The molecule has 0 heterocycles. The van der Waals surface area contributed by atoms with Crippen LogP contribution in [0.5, 0.6) is 0 Å². The van der Waals surface area contributed by atoms with E-state index in [4.69, 9.17) is 4.74 Å². The molecule has 0 spiro atoms. The van der Waals surface area contributed by atoms with Gasteiger partial charge in [0.1, 0.15) is 14.1 Å². The Labute approximate surface area is 114 Å². The van der Waals surface area contributed by atoms with Gasteiger partial charge in [0.2, 0.25) is 0 Å². The van der Waals surface area contributed by atoms with Crippen LogP contribution in [-0.2, 0) is 4.74 Å². The Hall–Kier alpha value is -0.240. The Balaban J connectivity index is 0. The Morgan fingerprint density at radius 3 is 1.76 bits per heavy atom. The van der Waals surface area contributed by atoms with Crippen LogP contribution >= 0.6 is 0 Å². The van der Waals surface area contributed by atoms with Gasteiger partial charge in [-0.2, -0.15) is 0 Å². The fourth-order valence-corrected chi connectivity index (χ4v) is 1.70. The maximum atomic E-state index is 5.36. The van der Waals surface area contributed by atoms with Crippen LogP contribution in [0, 0.1) is 0 Å². The lowest BCUT2D eigenvalue weighted by atomic mass is 10.1. The van der Waals surface area contributed by atoms with Crippen molar-refractivity contribution >= 4 is 6.40 Å². The van der Waals surface area contributed by atoms with Gasteiger partial charge in [-0.1, -0.05) is 58.3 Å². The number of rotatable bonds is 11. The molecule has 0 aromatic heterocycles. The van der Waals surface area contributed by atoms with Crippen molar-refractivity contribution in [3.63, 3.8) is 0 Å². The van der Waals surface area contributed by atoms with Gasteiger partial charge >= 0.3 is 6.40 Å². The maximum absolute atomic E-state index is 5.36. The average Bonchev–Trinajstić information content (AvgIpc) is 2.25. The van der Waals surface area contributed by atoms with E-state index in [1.807, 2.05) is 18.7 Å². The quantitative estimate of drug-likeness (QED) is 0.233. The molecular weight excluding hydrogens is 234 g/mol. The molecular formula is C14H30ClNO. The normalized spacial score (nSPS) is 9.59. The first-order valence-electron chi connectivity index (χ1n) is 6.88. The van der Waals surface area contributed by atoms with E-state index in [0.29, 0.717) is 0 Å². The molecule has 0 aromatic rings. The number of nitrogens with zero attached hydrogens (tertiary/aromatic N) is 1. The molecule has 0 unspecified atom stereocenters. The van der Waals surface area contributed by atoms with Crippen LogP contribution in [0.4, 0.5) is 0 Å². The molecule has 0 saturated heterocycles. The minimum Gasteiger partial charge on any atom is -1.00 e. The van der Waals surface area contributed by atoms with Crippen LogP contribution < -0.4 is 12.4 Å². The molecule has 0 amide bonds. The first-order valence-corrected chi connectivity index (χ1v) is 6.88. The van der Waals surface area contributed by atoms with E-state index in [1.54, 1.807) is 6.40 Å². The molecule has 0 rings (SSSR count). The van der Waals surface area contributed by atoms with Crippen molar-refractivity contribution < 1.29 is 21.7 Å². The van der Waals surface area contributed by atoms with Crippen LogP contribution in [-0.4, -0.2) is 31.7 Å². The topological polar surface area (TPSA) is 12.2 Å². The third-order valence-corrected chi connectivity index (χ3v) is 2.65. The minimum absolute atomic E-state index is 0. The predicted octanol–water partition coefficient (Wildman–Crippen LogP) is 0.838. The van der Waals surface area contributed by atoms with Gasteiger partial charge in [-0.3, -0.25) is 0 Å². The molecule has 0 bridgehead atoms. The summed E-state index contributed by atoms with van der Waals surface area (Å²) in [6.45, 7) is 3.14. The number of unbranched alkanes of at least 4 members (excludes halogenated alkanes) is 8. The fourth-order valence-electron chi connectivity index (χ4n) is 1.70. The van der Waals surface area contributed by atoms with Crippen LogP contribution in [0.1, 0.15) is 64.7 Å². The molecule has 0 aromatic carbocycles. The van der Waals surface area contributed by atoms with Crippen LogP contribution in [0.15, 0.2) is 0 Å². The summed E-state index contributed by atoms with van der Waals surface area (Å²) in [6, 6.07) is 0. The Morgan fingerprint density at radius 1 is 0.824 bits per heavy atom. The van der Waals surface area contributed by atoms with E-state index < -0.39 is 0 Å². The highest BCUT2D eigenvalue weighted by atomic mass is 35.5. The molecule has 0 saturated carbocycles. The lowest BCUT2D eigenvalue weighted by Gasteiger charge is -2.01. The number of hydrogen-bond acceptors (Lipinski definition) is 1. The van der Waals surface area contributed by atoms with Crippen molar-refractivity contribution in [1.82, 2.24) is 0 Å². The monoisotopic (exact) mass is 263 g/mol. The minimum atomic E-state index is 0.